The maximum atomic E-state index is 12.9. The average molecular weight is 509 g/mol. The van der Waals surface area contributed by atoms with E-state index in [9.17, 15) is 24.0 Å². The van der Waals surface area contributed by atoms with E-state index in [1.165, 1.54) is 25.7 Å². The fraction of sp³-hybridized carbons (Fsp3) is 0.808. The van der Waals surface area contributed by atoms with E-state index in [1.807, 2.05) is 0 Å². The van der Waals surface area contributed by atoms with Crippen LogP contribution in [0.4, 0.5) is 0 Å². The molecule has 0 aromatic heterocycles. The van der Waals surface area contributed by atoms with Gasteiger partial charge in [-0.3, -0.25) is 19.2 Å². The van der Waals surface area contributed by atoms with Crippen molar-refractivity contribution in [3.8, 4) is 0 Å². The highest BCUT2D eigenvalue weighted by atomic mass is 16.7. The number of ether oxygens (including phenoxy) is 2. The van der Waals surface area contributed by atoms with Crippen LogP contribution in [0.15, 0.2) is 0 Å². The molecule has 0 atom stereocenters. The molecule has 1 heterocycles. The van der Waals surface area contributed by atoms with Gasteiger partial charge in [-0.05, 0) is 38.5 Å². The minimum absolute atomic E-state index is 0.0302. The first-order valence-electron chi connectivity index (χ1n) is 13.5. The first-order chi connectivity index (χ1) is 17.5. The van der Waals surface area contributed by atoms with E-state index in [-0.39, 0.29) is 56.1 Å². The average Bonchev–Trinajstić information content (AvgIpc) is 3.07. The van der Waals surface area contributed by atoms with Gasteiger partial charge in [0.05, 0.1) is 32.8 Å². The van der Waals surface area contributed by atoms with Gasteiger partial charge in [0.15, 0.2) is 0 Å². The first-order valence-corrected chi connectivity index (χ1v) is 13.5. The van der Waals surface area contributed by atoms with E-state index < -0.39 is 17.8 Å². The summed E-state index contributed by atoms with van der Waals surface area (Å²) >= 11 is 0. The molecule has 202 valence electrons. The number of rotatable bonds is 13. The number of imide groups is 1. The monoisotopic (exact) mass is 508 g/mol. The minimum Gasteiger partial charge on any atom is -0.378 e. The summed E-state index contributed by atoms with van der Waals surface area (Å²) in [6.07, 6.45) is 10.1. The molecule has 3 rings (SSSR count). The summed E-state index contributed by atoms with van der Waals surface area (Å²) in [4.78, 5) is 64.5. The lowest BCUT2D eigenvalue weighted by Crippen LogP contribution is -2.37. The van der Waals surface area contributed by atoms with Gasteiger partial charge >= 0.3 is 5.97 Å². The van der Waals surface area contributed by atoms with Crippen LogP contribution in [0.5, 0.6) is 0 Å². The summed E-state index contributed by atoms with van der Waals surface area (Å²) in [6, 6.07) is 0. The molecule has 2 aliphatic carbocycles. The van der Waals surface area contributed by atoms with Crippen LogP contribution >= 0.6 is 0 Å². The lowest BCUT2D eigenvalue weighted by Gasteiger charge is -2.29. The molecular formula is C26H40N2O8. The topological polar surface area (TPSA) is 128 Å². The molecule has 36 heavy (non-hydrogen) atoms. The minimum atomic E-state index is -0.704. The lowest BCUT2D eigenvalue weighted by atomic mass is 9.75. The Morgan fingerprint density at radius 1 is 0.722 bits per heavy atom. The van der Waals surface area contributed by atoms with Gasteiger partial charge in [-0.15, -0.1) is 5.06 Å². The standard InChI is InChI=1S/C26H40N2O8/c29-22-11-12-23(30)28(22)36-24(31)13-15-34-17-18-35-16-14-27-26(33)21-9-7-20(8-10-21)25(32)19-5-3-1-2-4-6-19/h19-21H,1-18H2,(H,27,33). The second-order valence-electron chi connectivity index (χ2n) is 9.95. The van der Waals surface area contributed by atoms with Crippen molar-refractivity contribution in [3.05, 3.63) is 0 Å². The zero-order chi connectivity index (χ0) is 25.8. The van der Waals surface area contributed by atoms with Gasteiger partial charge in [-0.2, -0.15) is 0 Å². The third-order valence-corrected chi connectivity index (χ3v) is 7.32. The van der Waals surface area contributed by atoms with Gasteiger partial charge in [0, 0.05) is 37.1 Å². The summed E-state index contributed by atoms with van der Waals surface area (Å²) in [5, 5.41) is 3.43. The third-order valence-electron chi connectivity index (χ3n) is 7.32. The molecule has 2 saturated carbocycles. The quantitative estimate of drug-likeness (QED) is 0.228. The Morgan fingerprint density at radius 3 is 1.92 bits per heavy atom. The molecule has 0 aromatic carbocycles. The Bertz CT molecular complexity index is 754. The number of nitrogens with one attached hydrogen (secondary N) is 1. The molecule has 10 nitrogen and oxygen atoms in total. The van der Waals surface area contributed by atoms with Gasteiger partial charge in [0.2, 0.25) is 5.91 Å². The lowest BCUT2D eigenvalue weighted by molar-refractivity contribution is -0.198. The predicted octanol–water partition coefficient (Wildman–Crippen LogP) is 2.48. The number of hydroxylamine groups is 2. The first kappa shape index (κ1) is 28.2. The van der Waals surface area contributed by atoms with Crippen LogP contribution in [0.25, 0.3) is 0 Å². The summed E-state index contributed by atoms with van der Waals surface area (Å²) in [6.45, 7) is 1.42. The third kappa shape index (κ3) is 8.96. The van der Waals surface area contributed by atoms with E-state index in [0.29, 0.717) is 30.6 Å². The van der Waals surface area contributed by atoms with Crippen molar-refractivity contribution in [2.24, 2.45) is 17.8 Å². The normalized spacial score (nSPS) is 23.4. The van der Waals surface area contributed by atoms with Gasteiger partial charge in [-0.25, -0.2) is 4.79 Å². The molecule has 0 spiro atoms. The molecule has 0 unspecified atom stereocenters. The van der Waals surface area contributed by atoms with E-state index in [2.05, 4.69) is 5.32 Å². The molecule has 10 heteroatoms. The zero-order valence-corrected chi connectivity index (χ0v) is 21.2. The highest BCUT2D eigenvalue weighted by Gasteiger charge is 2.34. The van der Waals surface area contributed by atoms with Crippen LogP contribution in [-0.2, 0) is 38.3 Å². The van der Waals surface area contributed by atoms with Gasteiger partial charge < -0.3 is 19.6 Å². The van der Waals surface area contributed by atoms with E-state index in [0.717, 1.165) is 38.5 Å². The van der Waals surface area contributed by atoms with Crippen molar-refractivity contribution in [2.45, 2.75) is 83.5 Å². The second-order valence-corrected chi connectivity index (χ2v) is 9.95. The summed E-state index contributed by atoms with van der Waals surface area (Å²) in [5.41, 5.74) is 0. The molecule has 3 aliphatic rings. The van der Waals surface area contributed by atoms with Crippen LogP contribution in [-0.4, -0.2) is 67.5 Å². The predicted molar refractivity (Wildman–Crippen MR) is 128 cm³/mol. The smallest absolute Gasteiger partial charge is 0.335 e. The number of hydrogen-bond acceptors (Lipinski definition) is 8. The molecular weight excluding hydrogens is 468 g/mol. The summed E-state index contributed by atoms with van der Waals surface area (Å²) in [5.74, 6) is -0.909. The molecule has 0 bridgehead atoms. The zero-order valence-electron chi connectivity index (χ0n) is 21.2. The Balaban J connectivity index is 1.16. The Kier molecular flexibility index (Phi) is 11.8. The number of nitrogens with zero attached hydrogens (tertiary/aromatic N) is 1. The Hall–Kier alpha value is -2.33. The van der Waals surface area contributed by atoms with Crippen LogP contribution in [0, 0.1) is 17.8 Å². The van der Waals surface area contributed by atoms with E-state index >= 15 is 0 Å². The Labute approximate surface area is 212 Å². The molecule has 1 aliphatic heterocycles. The number of carbonyl (C=O) groups is 5. The fourth-order valence-corrected chi connectivity index (χ4v) is 5.21. The van der Waals surface area contributed by atoms with Gasteiger partial charge in [0.1, 0.15) is 5.78 Å². The van der Waals surface area contributed by atoms with Gasteiger partial charge in [-0.1, -0.05) is 25.7 Å². The molecule has 0 aromatic rings. The van der Waals surface area contributed by atoms with Crippen molar-refractivity contribution in [1.29, 1.82) is 0 Å². The SMILES string of the molecule is O=C(CCOCCOCCNC(=O)C1CCC(C(=O)C2CCCCCC2)CC1)ON1C(=O)CCC1=O. The number of carbonyl (C=O) groups excluding carboxylic acids is 5. The number of ketones is 1. The summed E-state index contributed by atoms with van der Waals surface area (Å²) < 4.78 is 10.7. The van der Waals surface area contributed by atoms with Crippen molar-refractivity contribution in [2.75, 3.05) is 33.0 Å². The maximum Gasteiger partial charge on any atom is 0.335 e. The number of Topliss-reactive ketones (excluding diaryl/α,β-unsaturated/α-hetero) is 1. The Morgan fingerprint density at radius 2 is 1.28 bits per heavy atom. The molecule has 0 radical (unpaired) electrons. The molecule has 3 fully saturated rings. The molecule has 1 N–H and O–H groups in total. The van der Waals surface area contributed by atoms with Crippen molar-refractivity contribution >= 4 is 29.5 Å². The number of amides is 3. The maximum absolute atomic E-state index is 12.9. The fourth-order valence-electron chi connectivity index (χ4n) is 5.21. The van der Waals surface area contributed by atoms with E-state index in [1.54, 1.807) is 0 Å². The summed E-state index contributed by atoms with van der Waals surface area (Å²) in [7, 11) is 0. The van der Waals surface area contributed by atoms with Crippen molar-refractivity contribution in [3.63, 3.8) is 0 Å². The molecule has 3 amide bonds. The van der Waals surface area contributed by atoms with Crippen LogP contribution in [0.1, 0.15) is 83.5 Å². The van der Waals surface area contributed by atoms with Gasteiger partial charge in [0.25, 0.3) is 11.8 Å². The highest BCUT2D eigenvalue weighted by molar-refractivity contribution is 6.01. The number of hydrogen-bond donors (Lipinski definition) is 1. The van der Waals surface area contributed by atoms with Crippen molar-refractivity contribution in [1.82, 2.24) is 10.4 Å². The highest BCUT2D eigenvalue weighted by Crippen LogP contribution is 2.34. The van der Waals surface area contributed by atoms with Crippen LogP contribution < -0.4 is 5.32 Å². The largest absolute Gasteiger partial charge is 0.378 e. The second kappa shape index (κ2) is 15.0. The van der Waals surface area contributed by atoms with Crippen LogP contribution in [0.2, 0.25) is 0 Å². The van der Waals surface area contributed by atoms with Crippen LogP contribution in [0.3, 0.4) is 0 Å². The van der Waals surface area contributed by atoms with E-state index in [4.69, 9.17) is 14.3 Å². The van der Waals surface area contributed by atoms with Crippen molar-refractivity contribution < 1.29 is 38.3 Å². The molecule has 1 saturated heterocycles.